The van der Waals surface area contributed by atoms with E-state index in [-0.39, 0.29) is 6.10 Å². The first-order valence-corrected chi connectivity index (χ1v) is 3.28. The van der Waals surface area contributed by atoms with Gasteiger partial charge in [0.25, 0.3) is 0 Å². The van der Waals surface area contributed by atoms with Crippen LogP contribution in [0.15, 0.2) is 0 Å². The Bertz CT molecular complexity index is 94.5. The van der Waals surface area contributed by atoms with E-state index in [1.54, 1.807) is 0 Å². The quantitative estimate of drug-likeness (QED) is 0.460. The van der Waals surface area contributed by atoms with Crippen LogP contribution in [0.1, 0.15) is 0 Å². The molecule has 2 saturated heterocycles. The zero-order chi connectivity index (χ0) is 6.10. The lowest BCUT2D eigenvalue weighted by molar-refractivity contribution is -0.0965. The van der Waals surface area contributed by atoms with E-state index in [9.17, 15) is 0 Å². The summed E-state index contributed by atoms with van der Waals surface area (Å²) in [5.74, 6) is 0. The van der Waals surface area contributed by atoms with Crippen LogP contribution in [0.3, 0.4) is 0 Å². The second-order valence-electron chi connectivity index (χ2n) is 2.36. The van der Waals surface area contributed by atoms with Crippen molar-refractivity contribution in [3.8, 4) is 0 Å². The van der Waals surface area contributed by atoms with E-state index in [1.165, 1.54) is 0 Å². The Labute approximate surface area is 53.9 Å². The zero-order valence-corrected chi connectivity index (χ0v) is 5.21. The highest BCUT2D eigenvalue weighted by Gasteiger charge is 2.34. The molecule has 52 valence electrons. The van der Waals surface area contributed by atoms with Crippen LogP contribution in [0.4, 0.5) is 0 Å². The van der Waals surface area contributed by atoms with E-state index in [0.29, 0.717) is 12.7 Å². The molecule has 9 heavy (non-hydrogen) atoms. The molecule has 3 heteroatoms. The van der Waals surface area contributed by atoms with Crippen LogP contribution in [0.25, 0.3) is 0 Å². The molecule has 2 fully saturated rings. The number of hydrogen-bond acceptors (Lipinski definition) is 3. The summed E-state index contributed by atoms with van der Waals surface area (Å²) in [6, 6.07) is 0. The lowest BCUT2D eigenvalue weighted by atomic mass is 10.3. The Morgan fingerprint density at radius 1 is 0.889 bits per heavy atom. The van der Waals surface area contributed by atoms with E-state index in [0.717, 1.165) is 19.8 Å². The molecule has 0 amide bonds. The summed E-state index contributed by atoms with van der Waals surface area (Å²) in [6.45, 7) is 3.03. The van der Waals surface area contributed by atoms with Gasteiger partial charge in [-0.3, -0.25) is 0 Å². The standard InChI is InChI=1S/C6H10O3/c1-2-8-5(3-7-1)6-4-9-6/h5-6H,1-4H2. The second-order valence-corrected chi connectivity index (χ2v) is 2.36. The van der Waals surface area contributed by atoms with Crippen molar-refractivity contribution < 1.29 is 14.2 Å². The first-order chi connectivity index (χ1) is 4.47. The van der Waals surface area contributed by atoms with Gasteiger partial charge in [-0.15, -0.1) is 0 Å². The molecule has 0 radical (unpaired) electrons. The highest BCUT2D eigenvalue weighted by atomic mass is 16.6. The van der Waals surface area contributed by atoms with Crippen LogP contribution in [0, 0.1) is 0 Å². The highest BCUT2D eigenvalue weighted by molar-refractivity contribution is 4.80. The first-order valence-electron chi connectivity index (χ1n) is 3.28. The molecule has 0 bridgehead atoms. The topological polar surface area (TPSA) is 31.0 Å². The Kier molecular flexibility index (Phi) is 1.41. The molecule has 0 aromatic heterocycles. The maximum absolute atomic E-state index is 5.35. The fourth-order valence-electron chi connectivity index (χ4n) is 0.991. The van der Waals surface area contributed by atoms with E-state index < -0.39 is 0 Å². The number of ether oxygens (including phenoxy) is 3. The lowest BCUT2D eigenvalue weighted by Crippen LogP contribution is -2.32. The molecule has 2 aliphatic heterocycles. The molecule has 0 aliphatic carbocycles. The van der Waals surface area contributed by atoms with Gasteiger partial charge in [0.15, 0.2) is 0 Å². The van der Waals surface area contributed by atoms with E-state index >= 15 is 0 Å². The predicted molar refractivity (Wildman–Crippen MR) is 30.3 cm³/mol. The summed E-state index contributed by atoms with van der Waals surface area (Å²) < 4.78 is 15.6. The largest absolute Gasteiger partial charge is 0.376 e. The molecule has 2 rings (SSSR count). The fourth-order valence-corrected chi connectivity index (χ4v) is 0.991. The average molecular weight is 130 g/mol. The predicted octanol–water partition coefficient (Wildman–Crippen LogP) is -0.199. The summed E-state index contributed by atoms with van der Waals surface area (Å²) >= 11 is 0. The van der Waals surface area contributed by atoms with Gasteiger partial charge in [-0.25, -0.2) is 0 Å². The van der Waals surface area contributed by atoms with Gasteiger partial charge in [-0.05, 0) is 0 Å². The van der Waals surface area contributed by atoms with Crippen LogP contribution in [-0.4, -0.2) is 38.6 Å². The average Bonchev–Trinajstić information content (AvgIpc) is 2.71. The Morgan fingerprint density at radius 3 is 2.22 bits per heavy atom. The SMILES string of the molecule is C1COC(C2CO2)CO1. The Hall–Kier alpha value is -0.120. The smallest absolute Gasteiger partial charge is 0.109 e. The minimum Gasteiger partial charge on any atom is -0.376 e. The van der Waals surface area contributed by atoms with Crippen molar-refractivity contribution in [1.29, 1.82) is 0 Å². The molecule has 0 spiro atoms. The molecular formula is C6H10O3. The first kappa shape index (κ1) is 5.65. The number of epoxide rings is 1. The van der Waals surface area contributed by atoms with Gasteiger partial charge in [0, 0.05) is 0 Å². The summed E-state index contributed by atoms with van der Waals surface area (Å²) in [6.07, 6.45) is 0.559. The van der Waals surface area contributed by atoms with Crippen LogP contribution in [0.5, 0.6) is 0 Å². The third kappa shape index (κ3) is 1.23. The van der Waals surface area contributed by atoms with Crippen molar-refractivity contribution in [3.63, 3.8) is 0 Å². The molecule has 2 unspecified atom stereocenters. The molecule has 0 N–H and O–H groups in total. The molecule has 0 aromatic carbocycles. The summed E-state index contributed by atoms with van der Waals surface area (Å²) in [5, 5.41) is 0. The maximum Gasteiger partial charge on any atom is 0.109 e. The molecule has 0 saturated carbocycles. The summed E-state index contributed by atoms with van der Waals surface area (Å²) in [5.41, 5.74) is 0. The van der Waals surface area contributed by atoms with Crippen LogP contribution < -0.4 is 0 Å². The van der Waals surface area contributed by atoms with E-state index in [2.05, 4.69) is 0 Å². The molecule has 2 atom stereocenters. The van der Waals surface area contributed by atoms with Crippen LogP contribution >= 0.6 is 0 Å². The van der Waals surface area contributed by atoms with Crippen LogP contribution in [-0.2, 0) is 14.2 Å². The second kappa shape index (κ2) is 2.25. The lowest BCUT2D eigenvalue weighted by Gasteiger charge is -2.20. The van der Waals surface area contributed by atoms with Crippen molar-refractivity contribution in [2.75, 3.05) is 26.4 Å². The molecular weight excluding hydrogens is 120 g/mol. The van der Waals surface area contributed by atoms with Gasteiger partial charge in [0.05, 0.1) is 26.4 Å². The third-order valence-electron chi connectivity index (χ3n) is 1.62. The van der Waals surface area contributed by atoms with Crippen molar-refractivity contribution in [3.05, 3.63) is 0 Å². The highest BCUT2D eigenvalue weighted by Crippen LogP contribution is 2.18. The molecule has 3 nitrogen and oxygen atoms in total. The van der Waals surface area contributed by atoms with Gasteiger partial charge in [0.1, 0.15) is 12.2 Å². The van der Waals surface area contributed by atoms with Gasteiger partial charge < -0.3 is 14.2 Å². The van der Waals surface area contributed by atoms with Crippen molar-refractivity contribution in [1.82, 2.24) is 0 Å². The molecule has 2 aliphatic rings. The van der Waals surface area contributed by atoms with Crippen molar-refractivity contribution in [2.24, 2.45) is 0 Å². The van der Waals surface area contributed by atoms with E-state index in [1.807, 2.05) is 0 Å². The Morgan fingerprint density at radius 2 is 1.67 bits per heavy atom. The van der Waals surface area contributed by atoms with Gasteiger partial charge >= 0.3 is 0 Å². The monoisotopic (exact) mass is 130 g/mol. The number of rotatable bonds is 1. The number of hydrogen-bond donors (Lipinski definition) is 0. The minimum atomic E-state index is 0.221. The molecule has 0 aromatic rings. The summed E-state index contributed by atoms with van der Waals surface area (Å²) in [4.78, 5) is 0. The third-order valence-corrected chi connectivity index (χ3v) is 1.62. The Balaban J connectivity index is 1.80. The van der Waals surface area contributed by atoms with Crippen LogP contribution in [0.2, 0.25) is 0 Å². The summed E-state index contributed by atoms with van der Waals surface area (Å²) in [7, 11) is 0. The fraction of sp³-hybridized carbons (Fsp3) is 1.00. The van der Waals surface area contributed by atoms with Gasteiger partial charge in [0.2, 0.25) is 0 Å². The van der Waals surface area contributed by atoms with Gasteiger partial charge in [-0.2, -0.15) is 0 Å². The molecule has 2 heterocycles. The normalized spacial score (nSPS) is 42.7. The van der Waals surface area contributed by atoms with E-state index in [4.69, 9.17) is 14.2 Å². The van der Waals surface area contributed by atoms with Crippen molar-refractivity contribution >= 4 is 0 Å². The zero-order valence-electron chi connectivity index (χ0n) is 5.21. The maximum atomic E-state index is 5.35. The van der Waals surface area contributed by atoms with Gasteiger partial charge in [-0.1, -0.05) is 0 Å². The minimum absolute atomic E-state index is 0.221. The van der Waals surface area contributed by atoms with Crippen molar-refractivity contribution in [2.45, 2.75) is 12.2 Å².